The summed E-state index contributed by atoms with van der Waals surface area (Å²) < 4.78 is 0. The monoisotopic (exact) mass is 243 g/mol. The van der Waals surface area contributed by atoms with Crippen LogP contribution in [0.4, 0.5) is 0 Å². The molecule has 0 aliphatic carbocycles. The third-order valence-corrected chi connectivity index (χ3v) is 4.61. The molecule has 84 valence electrons. The molecule has 0 aromatic carbocycles. The lowest BCUT2D eigenvalue weighted by Crippen LogP contribution is -2.36. The summed E-state index contributed by atoms with van der Waals surface area (Å²) in [5.74, 6) is 2.49. The molecule has 0 amide bonds. The van der Waals surface area contributed by atoms with Crippen molar-refractivity contribution in [3.8, 4) is 0 Å². The number of aliphatic hydroxyl groups is 1. The van der Waals surface area contributed by atoms with Gasteiger partial charge >= 0.3 is 0 Å². The average molecular weight is 243 g/mol. The maximum atomic E-state index is 9.88. The van der Waals surface area contributed by atoms with Crippen LogP contribution in [0.25, 0.3) is 0 Å². The molecule has 2 atom stereocenters. The third kappa shape index (κ3) is 3.48. The van der Waals surface area contributed by atoms with E-state index < -0.39 is 0 Å². The molecule has 2 heterocycles. The highest BCUT2D eigenvalue weighted by Gasteiger charge is 2.15. The maximum absolute atomic E-state index is 9.88. The first-order valence-corrected chi connectivity index (χ1v) is 7.47. The van der Waals surface area contributed by atoms with Gasteiger partial charge in [0, 0.05) is 18.3 Å². The van der Waals surface area contributed by atoms with E-state index in [4.69, 9.17) is 0 Å². The number of hydrogen-bond acceptors (Lipinski definition) is 4. The molecule has 1 fully saturated rings. The summed E-state index contributed by atoms with van der Waals surface area (Å²) in [5, 5.41) is 17.3. The summed E-state index contributed by atoms with van der Waals surface area (Å²) in [6.45, 7) is 0.683. The second-order valence-electron chi connectivity index (χ2n) is 3.89. The summed E-state index contributed by atoms with van der Waals surface area (Å²) in [5.41, 5.74) is 1.04. The van der Waals surface area contributed by atoms with Crippen LogP contribution in [0.5, 0.6) is 0 Å². The minimum atomic E-state index is -0.344. The molecule has 2 unspecified atom stereocenters. The van der Waals surface area contributed by atoms with E-state index in [1.54, 1.807) is 11.3 Å². The Morgan fingerprint density at radius 2 is 2.53 bits per heavy atom. The Bertz CT molecular complexity index is 270. The van der Waals surface area contributed by atoms with Crippen LogP contribution < -0.4 is 5.32 Å². The highest BCUT2D eigenvalue weighted by Crippen LogP contribution is 2.19. The van der Waals surface area contributed by atoms with Gasteiger partial charge in [-0.2, -0.15) is 23.1 Å². The van der Waals surface area contributed by atoms with Gasteiger partial charge in [-0.25, -0.2) is 0 Å². The Hall–Kier alpha value is -0.0300. The first-order valence-electron chi connectivity index (χ1n) is 5.37. The van der Waals surface area contributed by atoms with Gasteiger partial charge in [0.25, 0.3) is 0 Å². The van der Waals surface area contributed by atoms with Crippen LogP contribution in [-0.4, -0.2) is 29.2 Å². The molecule has 1 aliphatic heterocycles. The Kier molecular flexibility index (Phi) is 4.50. The van der Waals surface area contributed by atoms with E-state index in [9.17, 15) is 5.11 Å². The lowest BCUT2D eigenvalue weighted by atomic mass is 10.1. The standard InChI is InChI=1S/C11H17NOS2/c13-11(9-3-5-15-7-9)6-12-10-2-1-4-14-8-10/h3,5,7,10-13H,1-2,4,6,8H2. The van der Waals surface area contributed by atoms with E-state index in [0.717, 1.165) is 5.56 Å². The van der Waals surface area contributed by atoms with Crippen LogP contribution in [0, 0.1) is 0 Å². The fraction of sp³-hybridized carbons (Fsp3) is 0.636. The summed E-state index contributed by atoms with van der Waals surface area (Å²) >= 11 is 3.65. The van der Waals surface area contributed by atoms with Crippen LogP contribution in [-0.2, 0) is 0 Å². The fourth-order valence-electron chi connectivity index (χ4n) is 1.76. The molecule has 4 heteroatoms. The second kappa shape index (κ2) is 5.89. The van der Waals surface area contributed by atoms with Crippen LogP contribution >= 0.6 is 23.1 Å². The molecule has 2 nitrogen and oxygen atoms in total. The highest BCUT2D eigenvalue weighted by molar-refractivity contribution is 7.99. The van der Waals surface area contributed by atoms with Crippen LogP contribution in [0.1, 0.15) is 24.5 Å². The van der Waals surface area contributed by atoms with E-state index in [0.29, 0.717) is 12.6 Å². The van der Waals surface area contributed by atoms with Crippen molar-refractivity contribution in [3.63, 3.8) is 0 Å². The molecule has 0 spiro atoms. The van der Waals surface area contributed by atoms with Crippen molar-refractivity contribution in [2.45, 2.75) is 25.0 Å². The van der Waals surface area contributed by atoms with Crippen molar-refractivity contribution in [1.29, 1.82) is 0 Å². The molecule has 1 aromatic heterocycles. The van der Waals surface area contributed by atoms with E-state index in [1.807, 2.05) is 28.6 Å². The minimum Gasteiger partial charge on any atom is -0.387 e. The Morgan fingerprint density at radius 3 is 3.20 bits per heavy atom. The molecular weight excluding hydrogens is 226 g/mol. The van der Waals surface area contributed by atoms with Gasteiger partial charge < -0.3 is 10.4 Å². The smallest absolute Gasteiger partial charge is 0.0922 e. The van der Waals surface area contributed by atoms with E-state index in [2.05, 4.69) is 5.32 Å². The fourth-order valence-corrected chi connectivity index (χ4v) is 3.58. The van der Waals surface area contributed by atoms with Gasteiger partial charge in [0.2, 0.25) is 0 Å². The minimum absolute atomic E-state index is 0.344. The van der Waals surface area contributed by atoms with Gasteiger partial charge in [-0.1, -0.05) is 0 Å². The van der Waals surface area contributed by atoms with Crippen LogP contribution in [0.3, 0.4) is 0 Å². The number of nitrogens with one attached hydrogen (secondary N) is 1. The molecule has 0 bridgehead atoms. The Morgan fingerprint density at radius 1 is 1.60 bits per heavy atom. The maximum Gasteiger partial charge on any atom is 0.0922 e. The highest BCUT2D eigenvalue weighted by atomic mass is 32.2. The Balaban J connectivity index is 1.73. The van der Waals surface area contributed by atoms with Crippen molar-refractivity contribution >= 4 is 23.1 Å². The number of thiophene rings is 1. The average Bonchev–Trinajstić information content (AvgIpc) is 2.81. The lowest BCUT2D eigenvalue weighted by Gasteiger charge is -2.23. The quantitative estimate of drug-likeness (QED) is 0.851. The molecule has 1 aromatic rings. The topological polar surface area (TPSA) is 32.3 Å². The molecule has 1 saturated heterocycles. The van der Waals surface area contributed by atoms with Crippen molar-refractivity contribution < 1.29 is 5.11 Å². The van der Waals surface area contributed by atoms with Gasteiger partial charge in [-0.3, -0.25) is 0 Å². The van der Waals surface area contributed by atoms with Gasteiger partial charge in [0.05, 0.1) is 6.10 Å². The van der Waals surface area contributed by atoms with Crippen LogP contribution in [0.2, 0.25) is 0 Å². The van der Waals surface area contributed by atoms with E-state index in [1.165, 1.54) is 24.3 Å². The van der Waals surface area contributed by atoms with Crippen molar-refractivity contribution in [2.75, 3.05) is 18.1 Å². The zero-order valence-electron chi connectivity index (χ0n) is 8.69. The molecule has 0 saturated carbocycles. The van der Waals surface area contributed by atoms with Gasteiger partial charge in [0.15, 0.2) is 0 Å². The number of hydrogen-bond donors (Lipinski definition) is 2. The van der Waals surface area contributed by atoms with Gasteiger partial charge in [0.1, 0.15) is 0 Å². The second-order valence-corrected chi connectivity index (χ2v) is 5.82. The molecule has 1 aliphatic rings. The summed E-state index contributed by atoms with van der Waals surface area (Å²) in [4.78, 5) is 0. The molecule has 0 radical (unpaired) electrons. The number of rotatable bonds is 4. The Labute approximate surface area is 99.1 Å². The molecule has 15 heavy (non-hydrogen) atoms. The first-order chi connectivity index (χ1) is 7.36. The lowest BCUT2D eigenvalue weighted by molar-refractivity contribution is 0.170. The summed E-state index contributed by atoms with van der Waals surface area (Å²) in [6.07, 6.45) is 2.21. The zero-order chi connectivity index (χ0) is 10.5. The van der Waals surface area contributed by atoms with Gasteiger partial charge in [-0.15, -0.1) is 0 Å². The number of aliphatic hydroxyl groups excluding tert-OH is 1. The normalized spacial score (nSPS) is 23.9. The molecular formula is C11H17NOS2. The van der Waals surface area contributed by atoms with Crippen molar-refractivity contribution in [2.24, 2.45) is 0 Å². The van der Waals surface area contributed by atoms with Gasteiger partial charge in [-0.05, 0) is 41.0 Å². The summed E-state index contributed by atoms with van der Waals surface area (Å²) in [7, 11) is 0. The first kappa shape index (κ1) is 11.5. The predicted molar refractivity (Wildman–Crippen MR) is 67.6 cm³/mol. The predicted octanol–water partition coefficient (Wildman–Crippen LogP) is 2.27. The van der Waals surface area contributed by atoms with Crippen LogP contribution in [0.15, 0.2) is 16.8 Å². The van der Waals surface area contributed by atoms with Crippen molar-refractivity contribution in [3.05, 3.63) is 22.4 Å². The van der Waals surface area contributed by atoms with E-state index >= 15 is 0 Å². The van der Waals surface area contributed by atoms with Crippen molar-refractivity contribution in [1.82, 2.24) is 5.32 Å². The summed E-state index contributed by atoms with van der Waals surface area (Å²) in [6, 6.07) is 2.59. The number of thioether (sulfide) groups is 1. The molecule has 2 N–H and O–H groups in total. The zero-order valence-corrected chi connectivity index (χ0v) is 10.3. The largest absolute Gasteiger partial charge is 0.387 e. The molecule has 2 rings (SSSR count). The van der Waals surface area contributed by atoms with E-state index in [-0.39, 0.29) is 6.10 Å². The third-order valence-electron chi connectivity index (χ3n) is 2.69. The SMILES string of the molecule is OC(CNC1CCCSC1)c1ccsc1.